The summed E-state index contributed by atoms with van der Waals surface area (Å²) in [6.07, 6.45) is 0. The van der Waals surface area contributed by atoms with Gasteiger partial charge in [-0.2, -0.15) is 0 Å². The van der Waals surface area contributed by atoms with Crippen molar-refractivity contribution in [1.82, 2.24) is 4.98 Å². The molecule has 0 saturated heterocycles. The van der Waals surface area contributed by atoms with Crippen LogP contribution in [-0.2, 0) is 0 Å². The minimum Gasteiger partial charge on any atom is -0.422 e. The van der Waals surface area contributed by atoms with Crippen molar-refractivity contribution in [2.75, 3.05) is 0 Å². The first kappa shape index (κ1) is 9.52. The summed E-state index contributed by atoms with van der Waals surface area (Å²) in [5, 5.41) is 18.3. The quantitative estimate of drug-likeness (QED) is 0.609. The lowest BCUT2D eigenvalue weighted by Gasteiger charge is -1.94. The number of aromatic nitrogens is 1. The van der Waals surface area contributed by atoms with E-state index in [9.17, 15) is 4.39 Å². The number of benzene rings is 1. The highest BCUT2D eigenvalue weighted by Gasteiger charge is 2.16. The molecule has 0 amide bonds. The molecule has 72 valence electrons. The summed E-state index contributed by atoms with van der Waals surface area (Å²) >= 11 is 5.79. The number of aromatic amines is 1. The molecule has 2 aromatic rings. The Morgan fingerprint density at radius 1 is 1.36 bits per heavy atom. The highest BCUT2D eigenvalue weighted by molar-refractivity contribution is 6.58. The first-order valence-corrected chi connectivity index (χ1v) is 4.30. The van der Waals surface area contributed by atoms with Crippen molar-refractivity contribution in [3.8, 4) is 0 Å². The first-order chi connectivity index (χ1) is 6.59. The topological polar surface area (TPSA) is 56.2 Å². The van der Waals surface area contributed by atoms with Crippen LogP contribution >= 0.6 is 11.6 Å². The van der Waals surface area contributed by atoms with Crippen molar-refractivity contribution in [1.29, 1.82) is 0 Å². The van der Waals surface area contributed by atoms with Gasteiger partial charge in [0.25, 0.3) is 0 Å². The Balaban J connectivity index is 2.75. The number of H-pyrrole nitrogens is 1. The van der Waals surface area contributed by atoms with Gasteiger partial charge in [0.2, 0.25) is 0 Å². The summed E-state index contributed by atoms with van der Waals surface area (Å²) in [7, 11) is -1.65. The zero-order chi connectivity index (χ0) is 10.3. The number of halogens is 2. The first-order valence-electron chi connectivity index (χ1n) is 3.92. The molecule has 1 heterocycles. The second-order valence-electron chi connectivity index (χ2n) is 2.92. The second-order valence-corrected chi connectivity index (χ2v) is 3.32. The molecule has 0 bridgehead atoms. The maximum atomic E-state index is 13.2. The molecule has 0 aliphatic heterocycles. The van der Waals surface area contributed by atoms with E-state index in [4.69, 9.17) is 21.6 Å². The van der Waals surface area contributed by atoms with Crippen LogP contribution in [0.3, 0.4) is 0 Å². The van der Waals surface area contributed by atoms with Crippen LogP contribution in [0.4, 0.5) is 4.39 Å². The van der Waals surface area contributed by atoms with E-state index < -0.39 is 12.9 Å². The lowest BCUT2D eigenvalue weighted by Crippen LogP contribution is -2.30. The van der Waals surface area contributed by atoms with Gasteiger partial charge in [-0.3, -0.25) is 0 Å². The minimum absolute atomic E-state index is 0.118. The van der Waals surface area contributed by atoms with Crippen LogP contribution in [0, 0.1) is 5.82 Å². The third kappa shape index (κ3) is 1.39. The number of hydrogen-bond donors (Lipinski definition) is 3. The molecule has 0 fully saturated rings. The standard InChI is InChI=1S/C8H6BClFNO2/c10-5-1-2-6(11)4-3-7(9(13)14)12-8(4)5/h1-3,12-14H. The summed E-state index contributed by atoms with van der Waals surface area (Å²) in [5.74, 6) is -0.451. The highest BCUT2D eigenvalue weighted by atomic mass is 35.5. The van der Waals surface area contributed by atoms with Crippen LogP contribution in [0.5, 0.6) is 0 Å². The molecule has 0 aliphatic rings. The Hall–Kier alpha value is -1.04. The highest BCUT2D eigenvalue weighted by Crippen LogP contribution is 2.23. The molecule has 3 N–H and O–H groups in total. The lowest BCUT2D eigenvalue weighted by molar-refractivity contribution is 0.424. The van der Waals surface area contributed by atoms with Gasteiger partial charge in [-0.15, -0.1) is 0 Å². The second kappa shape index (κ2) is 3.27. The summed E-state index contributed by atoms with van der Waals surface area (Å²) < 4.78 is 13.2. The normalized spacial score (nSPS) is 10.9. The van der Waals surface area contributed by atoms with Gasteiger partial charge in [0, 0.05) is 11.0 Å². The average molecular weight is 213 g/mol. The summed E-state index contributed by atoms with van der Waals surface area (Å²) in [4.78, 5) is 2.63. The Kier molecular flexibility index (Phi) is 2.22. The van der Waals surface area contributed by atoms with Crippen LogP contribution < -0.4 is 5.59 Å². The SMILES string of the molecule is OB(O)c1cc2c(F)ccc(Cl)c2[nH]1. The molecule has 1 aromatic carbocycles. The van der Waals surface area contributed by atoms with Crippen molar-refractivity contribution in [2.24, 2.45) is 0 Å². The predicted molar refractivity (Wildman–Crippen MR) is 53.1 cm³/mol. The number of nitrogens with one attached hydrogen (secondary N) is 1. The van der Waals surface area contributed by atoms with Gasteiger partial charge in [0.05, 0.1) is 10.5 Å². The number of rotatable bonds is 1. The number of fused-ring (bicyclic) bond motifs is 1. The smallest absolute Gasteiger partial charge is 0.422 e. The van der Waals surface area contributed by atoms with Gasteiger partial charge in [-0.05, 0) is 18.2 Å². The monoisotopic (exact) mass is 213 g/mol. The predicted octanol–water partition coefficient (Wildman–Crippen LogP) is 0.640. The fourth-order valence-electron chi connectivity index (χ4n) is 1.31. The molecular weight excluding hydrogens is 207 g/mol. The molecule has 0 spiro atoms. The van der Waals surface area contributed by atoms with Crippen molar-refractivity contribution < 1.29 is 14.4 Å². The van der Waals surface area contributed by atoms with Crippen molar-refractivity contribution in [2.45, 2.75) is 0 Å². The van der Waals surface area contributed by atoms with E-state index in [0.717, 1.165) is 0 Å². The Labute approximate surface area is 84.3 Å². The average Bonchev–Trinajstić information content (AvgIpc) is 2.57. The molecule has 0 saturated carbocycles. The van der Waals surface area contributed by atoms with E-state index in [1.165, 1.54) is 18.2 Å². The fourth-order valence-corrected chi connectivity index (χ4v) is 1.52. The van der Waals surface area contributed by atoms with Gasteiger partial charge in [-0.25, -0.2) is 4.39 Å². The van der Waals surface area contributed by atoms with Gasteiger partial charge in [0.15, 0.2) is 0 Å². The van der Waals surface area contributed by atoms with E-state index in [1.54, 1.807) is 0 Å². The Morgan fingerprint density at radius 2 is 2.07 bits per heavy atom. The maximum absolute atomic E-state index is 13.2. The van der Waals surface area contributed by atoms with E-state index in [1.807, 2.05) is 0 Å². The van der Waals surface area contributed by atoms with E-state index >= 15 is 0 Å². The van der Waals surface area contributed by atoms with Gasteiger partial charge < -0.3 is 15.0 Å². The molecule has 0 radical (unpaired) electrons. The van der Waals surface area contributed by atoms with Crippen molar-refractivity contribution in [3.05, 3.63) is 29.0 Å². The molecule has 3 nitrogen and oxygen atoms in total. The molecule has 0 aliphatic carbocycles. The van der Waals surface area contributed by atoms with Crippen LogP contribution in [-0.4, -0.2) is 22.2 Å². The van der Waals surface area contributed by atoms with E-state index in [-0.39, 0.29) is 11.0 Å². The largest absolute Gasteiger partial charge is 0.505 e. The molecule has 1 aromatic heterocycles. The van der Waals surface area contributed by atoms with Gasteiger partial charge in [0.1, 0.15) is 5.82 Å². The third-order valence-electron chi connectivity index (χ3n) is 1.99. The lowest BCUT2D eigenvalue weighted by atomic mass is 9.86. The van der Waals surface area contributed by atoms with Crippen molar-refractivity contribution in [3.63, 3.8) is 0 Å². The van der Waals surface area contributed by atoms with E-state index in [2.05, 4.69) is 4.98 Å². The summed E-state index contributed by atoms with van der Waals surface area (Å²) in [5.41, 5.74) is 0.488. The van der Waals surface area contributed by atoms with Crippen LogP contribution in [0.25, 0.3) is 10.9 Å². The molecule has 14 heavy (non-hydrogen) atoms. The molecule has 6 heteroatoms. The third-order valence-corrected chi connectivity index (χ3v) is 2.30. The zero-order valence-electron chi connectivity index (χ0n) is 6.96. The Morgan fingerprint density at radius 3 is 2.64 bits per heavy atom. The molecule has 0 unspecified atom stereocenters. The summed E-state index contributed by atoms with van der Waals surface area (Å²) in [6.45, 7) is 0. The van der Waals surface area contributed by atoms with Gasteiger partial charge >= 0.3 is 7.12 Å². The van der Waals surface area contributed by atoms with E-state index in [0.29, 0.717) is 10.5 Å². The molecular formula is C8H6BClFNO2. The van der Waals surface area contributed by atoms with Gasteiger partial charge in [-0.1, -0.05) is 11.6 Å². The molecule has 0 atom stereocenters. The van der Waals surface area contributed by atoms with Crippen LogP contribution in [0.1, 0.15) is 0 Å². The summed E-state index contributed by atoms with van der Waals surface area (Å²) in [6, 6.07) is 3.95. The van der Waals surface area contributed by atoms with Crippen molar-refractivity contribution >= 4 is 35.2 Å². The zero-order valence-corrected chi connectivity index (χ0v) is 7.72. The minimum atomic E-state index is -1.65. The number of hydrogen-bond acceptors (Lipinski definition) is 2. The van der Waals surface area contributed by atoms with Crippen LogP contribution in [0.15, 0.2) is 18.2 Å². The molecule has 2 rings (SSSR count). The Bertz CT molecular complexity index is 446. The maximum Gasteiger partial charge on any atom is 0.505 e. The van der Waals surface area contributed by atoms with Crippen LogP contribution in [0.2, 0.25) is 5.02 Å². The fraction of sp³-hybridized carbons (Fsp3) is 0.